The molecule has 0 spiro atoms. The van der Waals surface area contributed by atoms with E-state index in [1.807, 2.05) is 0 Å². The number of carbonyl (C=O) groups is 1. The molecule has 9 heavy (non-hydrogen) atoms. The fraction of sp³-hybridized carbons (Fsp3) is 0. The van der Waals surface area contributed by atoms with Gasteiger partial charge < -0.3 is 0 Å². The quantitative estimate of drug-likeness (QED) is 0.546. The van der Waals surface area contributed by atoms with Gasteiger partial charge in [-0.3, -0.25) is 14.8 Å². The van der Waals surface area contributed by atoms with Crippen LogP contribution >= 0.6 is 12.4 Å². The molecule has 48 valence electrons. The van der Waals surface area contributed by atoms with Crippen molar-refractivity contribution in [2.45, 2.75) is 0 Å². The molecule has 0 amide bonds. The predicted molar refractivity (Wildman–Crippen MR) is 34.7 cm³/mol. The minimum absolute atomic E-state index is 0. The lowest BCUT2D eigenvalue weighted by Gasteiger charge is -1.80. The molecule has 0 aliphatic rings. The van der Waals surface area contributed by atoms with Crippen LogP contribution in [0.25, 0.3) is 0 Å². The molecule has 1 rings (SSSR count). The van der Waals surface area contributed by atoms with Gasteiger partial charge in [-0.2, -0.15) is 0 Å². The molecule has 0 bridgehead atoms. The van der Waals surface area contributed by atoms with Crippen molar-refractivity contribution in [1.29, 1.82) is 0 Å². The number of rotatable bonds is 1. The molecule has 1 heterocycles. The Bertz CT molecular complexity index is 178. The van der Waals surface area contributed by atoms with Crippen LogP contribution in [-0.2, 0) is 0 Å². The largest absolute Gasteiger partial charge is 0.296 e. The van der Waals surface area contributed by atoms with E-state index in [-0.39, 0.29) is 12.4 Å². The number of carbonyl (C=O) groups excluding carboxylic acids is 1. The van der Waals surface area contributed by atoms with Gasteiger partial charge in [-0.1, -0.05) is 0 Å². The standard InChI is InChI=1S/C5H4N2O.ClH/c8-4-5-3-6-1-2-7-5;/h1-4H;1H. The number of hydrogen-bond donors (Lipinski definition) is 0. The van der Waals surface area contributed by atoms with Crippen molar-refractivity contribution in [3.63, 3.8) is 0 Å². The summed E-state index contributed by atoms with van der Waals surface area (Å²) < 4.78 is 0. The van der Waals surface area contributed by atoms with Crippen LogP contribution in [0.1, 0.15) is 10.5 Å². The topological polar surface area (TPSA) is 42.9 Å². The van der Waals surface area contributed by atoms with Gasteiger partial charge in [0.25, 0.3) is 0 Å². The summed E-state index contributed by atoms with van der Waals surface area (Å²) >= 11 is 0. The maximum atomic E-state index is 9.90. The third-order valence-corrected chi connectivity index (χ3v) is 0.704. The van der Waals surface area contributed by atoms with Crippen LogP contribution in [-0.4, -0.2) is 16.3 Å². The molecule has 0 N–H and O–H groups in total. The van der Waals surface area contributed by atoms with Gasteiger partial charge in [0, 0.05) is 12.4 Å². The monoisotopic (exact) mass is 144 g/mol. The zero-order valence-corrected chi connectivity index (χ0v) is 5.34. The highest BCUT2D eigenvalue weighted by atomic mass is 35.5. The fourth-order valence-electron chi connectivity index (χ4n) is 0.371. The summed E-state index contributed by atoms with van der Waals surface area (Å²) in [7, 11) is 0. The van der Waals surface area contributed by atoms with Crippen LogP contribution < -0.4 is 0 Å². The average molecular weight is 145 g/mol. The Morgan fingerprint density at radius 3 is 2.56 bits per heavy atom. The molecule has 0 aromatic carbocycles. The molecule has 4 heteroatoms. The lowest BCUT2D eigenvalue weighted by molar-refractivity contribution is 0.111. The number of aromatic nitrogens is 2. The van der Waals surface area contributed by atoms with E-state index in [4.69, 9.17) is 0 Å². The maximum absolute atomic E-state index is 9.90. The first kappa shape index (κ1) is 8.04. The summed E-state index contributed by atoms with van der Waals surface area (Å²) in [5.74, 6) is 0. The minimum atomic E-state index is 0. The van der Waals surface area contributed by atoms with E-state index >= 15 is 0 Å². The van der Waals surface area contributed by atoms with E-state index in [9.17, 15) is 4.79 Å². The molecule has 0 unspecified atom stereocenters. The molecular formula is C5H5ClN2O. The van der Waals surface area contributed by atoms with Crippen LogP contribution in [0, 0.1) is 0 Å². The molecule has 0 saturated heterocycles. The van der Waals surface area contributed by atoms with Crippen LogP contribution in [0.5, 0.6) is 0 Å². The number of hydrogen-bond acceptors (Lipinski definition) is 3. The van der Waals surface area contributed by atoms with Gasteiger partial charge in [0.05, 0.1) is 6.20 Å². The van der Waals surface area contributed by atoms with Crippen molar-refractivity contribution >= 4 is 18.7 Å². The highest BCUT2D eigenvalue weighted by Crippen LogP contribution is 1.80. The van der Waals surface area contributed by atoms with E-state index in [1.54, 1.807) is 0 Å². The predicted octanol–water partition coefficient (Wildman–Crippen LogP) is 0.711. The summed E-state index contributed by atoms with van der Waals surface area (Å²) in [4.78, 5) is 17.2. The molecule has 0 aliphatic carbocycles. The van der Waals surface area contributed by atoms with Crippen molar-refractivity contribution in [2.75, 3.05) is 0 Å². The van der Waals surface area contributed by atoms with Crippen LogP contribution in [0.4, 0.5) is 0 Å². The second kappa shape index (κ2) is 3.97. The summed E-state index contributed by atoms with van der Waals surface area (Å²) in [6.45, 7) is 0. The molecule has 3 nitrogen and oxygen atoms in total. The SMILES string of the molecule is Cl.O=Cc1cnccn1. The first-order valence-corrected chi connectivity index (χ1v) is 2.14. The molecule has 0 fully saturated rings. The first-order valence-electron chi connectivity index (χ1n) is 2.14. The van der Waals surface area contributed by atoms with E-state index < -0.39 is 0 Å². The van der Waals surface area contributed by atoms with Gasteiger partial charge in [-0.15, -0.1) is 12.4 Å². The lowest BCUT2D eigenvalue weighted by Crippen LogP contribution is -1.84. The normalized spacial score (nSPS) is 7.56. The van der Waals surface area contributed by atoms with E-state index in [2.05, 4.69) is 9.97 Å². The zero-order valence-electron chi connectivity index (χ0n) is 4.52. The van der Waals surface area contributed by atoms with E-state index in [0.717, 1.165) is 0 Å². The lowest BCUT2D eigenvalue weighted by atomic mass is 10.5. The smallest absolute Gasteiger partial charge is 0.170 e. The van der Waals surface area contributed by atoms with E-state index in [0.29, 0.717) is 12.0 Å². The van der Waals surface area contributed by atoms with Gasteiger partial charge in [-0.05, 0) is 0 Å². The number of nitrogens with zero attached hydrogens (tertiary/aromatic N) is 2. The molecule has 0 radical (unpaired) electrons. The number of aldehydes is 1. The Hall–Kier alpha value is -0.960. The van der Waals surface area contributed by atoms with Crippen molar-refractivity contribution in [3.8, 4) is 0 Å². The molecule has 0 aliphatic heterocycles. The Morgan fingerprint density at radius 2 is 2.22 bits per heavy atom. The second-order valence-corrected chi connectivity index (χ2v) is 1.25. The van der Waals surface area contributed by atoms with Crippen LogP contribution in [0.15, 0.2) is 18.6 Å². The van der Waals surface area contributed by atoms with Gasteiger partial charge in [-0.25, -0.2) is 0 Å². The fourth-order valence-corrected chi connectivity index (χ4v) is 0.371. The van der Waals surface area contributed by atoms with Gasteiger partial charge >= 0.3 is 0 Å². The summed E-state index contributed by atoms with van der Waals surface area (Å²) in [5.41, 5.74) is 0.368. The van der Waals surface area contributed by atoms with Crippen LogP contribution in [0.2, 0.25) is 0 Å². The van der Waals surface area contributed by atoms with Gasteiger partial charge in [0.1, 0.15) is 5.69 Å². The summed E-state index contributed by atoms with van der Waals surface area (Å²) in [5, 5.41) is 0. The Balaban J connectivity index is 0.000000640. The Morgan fingerprint density at radius 1 is 1.44 bits per heavy atom. The highest BCUT2D eigenvalue weighted by molar-refractivity contribution is 5.85. The Kier molecular flexibility index (Phi) is 3.55. The minimum Gasteiger partial charge on any atom is -0.296 e. The highest BCUT2D eigenvalue weighted by Gasteiger charge is 1.83. The van der Waals surface area contributed by atoms with Crippen LogP contribution in [0.3, 0.4) is 0 Å². The molecule has 0 atom stereocenters. The molecule has 1 aromatic heterocycles. The van der Waals surface area contributed by atoms with E-state index in [1.165, 1.54) is 18.6 Å². The molecule has 0 saturated carbocycles. The van der Waals surface area contributed by atoms with Crippen molar-refractivity contribution in [1.82, 2.24) is 9.97 Å². The van der Waals surface area contributed by atoms with Crippen molar-refractivity contribution < 1.29 is 4.79 Å². The average Bonchev–Trinajstić information content (AvgIpc) is 1.90. The van der Waals surface area contributed by atoms with Gasteiger partial charge in [0.15, 0.2) is 6.29 Å². The molecular weight excluding hydrogens is 140 g/mol. The summed E-state index contributed by atoms with van der Waals surface area (Å²) in [6, 6.07) is 0. The number of halogens is 1. The van der Waals surface area contributed by atoms with Crippen molar-refractivity contribution in [2.24, 2.45) is 0 Å². The summed E-state index contributed by atoms with van der Waals surface area (Å²) in [6.07, 6.45) is 5.07. The maximum Gasteiger partial charge on any atom is 0.170 e. The third-order valence-electron chi connectivity index (χ3n) is 0.704. The van der Waals surface area contributed by atoms with Gasteiger partial charge in [0.2, 0.25) is 0 Å². The van der Waals surface area contributed by atoms with Crippen molar-refractivity contribution in [3.05, 3.63) is 24.3 Å². The molecule has 1 aromatic rings. The Labute approximate surface area is 58.6 Å². The zero-order chi connectivity index (χ0) is 5.82. The first-order chi connectivity index (χ1) is 3.93. The second-order valence-electron chi connectivity index (χ2n) is 1.25. The third kappa shape index (κ3) is 2.19.